The van der Waals surface area contributed by atoms with E-state index in [1.54, 1.807) is 25.1 Å². The van der Waals surface area contributed by atoms with Gasteiger partial charge >= 0.3 is 5.97 Å². The highest BCUT2D eigenvalue weighted by Gasteiger charge is 2.21. The van der Waals surface area contributed by atoms with Crippen LogP contribution >= 0.6 is 0 Å². The zero-order valence-corrected chi connectivity index (χ0v) is 14.4. The first-order valence-corrected chi connectivity index (χ1v) is 8.34. The largest absolute Gasteiger partial charge is 0.507 e. The molecule has 24 heavy (non-hydrogen) atoms. The number of amides is 1. The molecule has 1 aromatic carbocycles. The minimum absolute atomic E-state index is 0.0577. The summed E-state index contributed by atoms with van der Waals surface area (Å²) in [4.78, 5) is 26.8. The van der Waals surface area contributed by atoms with Gasteiger partial charge < -0.3 is 15.1 Å². The molecule has 1 fully saturated rings. The summed E-state index contributed by atoms with van der Waals surface area (Å²) >= 11 is 0. The number of carbonyl (C=O) groups excluding carboxylic acids is 1. The molecule has 1 heterocycles. The van der Waals surface area contributed by atoms with Gasteiger partial charge in [0.2, 0.25) is 5.91 Å². The monoisotopic (exact) mass is 334 g/mol. The molecule has 0 unspecified atom stereocenters. The number of nitrogens with zero attached hydrogens (tertiary/aromatic N) is 2. The van der Waals surface area contributed by atoms with E-state index in [9.17, 15) is 14.7 Å². The zero-order valence-electron chi connectivity index (χ0n) is 14.4. The zero-order chi connectivity index (χ0) is 17.7. The van der Waals surface area contributed by atoms with Gasteiger partial charge in [0.15, 0.2) is 0 Å². The van der Waals surface area contributed by atoms with Crippen molar-refractivity contribution in [2.45, 2.75) is 32.2 Å². The van der Waals surface area contributed by atoms with Gasteiger partial charge in [-0.25, -0.2) is 4.79 Å². The van der Waals surface area contributed by atoms with Gasteiger partial charge in [-0.1, -0.05) is 6.07 Å². The summed E-state index contributed by atoms with van der Waals surface area (Å²) in [5.41, 5.74) is 0.827. The molecule has 1 atom stereocenters. The van der Waals surface area contributed by atoms with Gasteiger partial charge in [-0.3, -0.25) is 9.69 Å². The third kappa shape index (κ3) is 4.96. The van der Waals surface area contributed by atoms with E-state index in [1.165, 1.54) is 12.1 Å². The second kappa shape index (κ2) is 8.15. The highest BCUT2D eigenvalue weighted by molar-refractivity contribution is 5.90. The smallest absolute Gasteiger partial charge is 0.339 e. The van der Waals surface area contributed by atoms with E-state index in [1.807, 2.05) is 0 Å². The standard InChI is InChI=1S/C18H26N2O4/c1-19(2)17(22)8-6-13-4-3-9-20(11-13)12-14-5-7-16(21)15(10-14)18(23)24/h5,7,10,13,21H,3-4,6,8-9,11-12H2,1-2H3,(H,23,24)/t13-/m1/s1. The minimum atomic E-state index is -1.12. The maximum atomic E-state index is 11.7. The fraction of sp³-hybridized carbons (Fsp3) is 0.556. The number of benzene rings is 1. The van der Waals surface area contributed by atoms with Crippen molar-refractivity contribution in [2.75, 3.05) is 27.2 Å². The molecule has 2 N–H and O–H groups in total. The quantitative estimate of drug-likeness (QED) is 0.833. The molecule has 6 heteroatoms. The normalized spacial score (nSPS) is 18.3. The summed E-state index contributed by atoms with van der Waals surface area (Å²) in [7, 11) is 3.56. The van der Waals surface area contributed by atoms with Crippen LogP contribution in [-0.4, -0.2) is 59.1 Å². The fourth-order valence-corrected chi connectivity index (χ4v) is 3.19. The highest BCUT2D eigenvalue weighted by Crippen LogP contribution is 2.24. The summed E-state index contributed by atoms with van der Waals surface area (Å²) < 4.78 is 0. The van der Waals surface area contributed by atoms with Gasteiger partial charge in [0.1, 0.15) is 11.3 Å². The van der Waals surface area contributed by atoms with Crippen LogP contribution in [0.4, 0.5) is 0 Å². The molecular weight excluding hydrogens is 308 g/mol. The predicted octanol–water partition coefficient (Wildman–Crippen LogP) is 2.17. The van der Waals surface area contributed by atoms with E-state index >= 15 is 0 Å². The van der Waals surface area contributed by atoms with Crippen LogP contribution in [0.1, 0.15) is 41.6 Å². The van der Waals surface area contributed by atoms with Gasteiger partial charge in [0.25, 0.3) is 0 Å². The molecule has 2 rings (SSSR count). The van der Waals surface area contributed by atoms with Crippen LogP contribution < -0.4 is 0 Å². The Labute approximate surface area is 142 Å². The van der Waals surface area contributed by atoms with E-state index in [0.29, 0.717) is 18.9 Å². The van der Waals surface area contributed by atoms with Crippen LogP contribution in [0, 0.1) is 5.92 Å². The maximum absolute atomic E-state index is 11.7. The number of rotatable bonds is 6. The average Bonchev–Trinajstić information content (AvgIpc) is 2.54. The first-order chi connectivity index (χ1) is 11.4. The van der Waals surface area contributed by atoms with Crippen molar-refractivity contribution in [3.8, 4) is 5.75 Å². The summed E-state index contributed by atoms with van der Waals surface area (Å²) in [5.74, 6) is -0.659. The van der Waals surface area contributed by atoms with Crippen LogP contribution in [-0.2, 0) is 11.3 Å². The van der Waals surface area contributed by atoms with Crippen LogP contribution in [0.3, 0.4) is 0 Å². The molecule has 1 aromatic rings. The van der Waals surface area contributed by atoms with Crippen molar-refractivity contribution < 1.29 is 19.8 Å². The van der Waals surface area contributed by atoms with Gasteiger partial charge in [0.05, 0.1) is 0 Å². The maximum Gasteiger partial charge on any atom is 0.339 e. The number of phenols is 1. The summed E-state index contributed by atoms with van der Waals surface area (Å²) in [6, 6.07) is 4.74. The molecule has 1 amide bonds. The number of piperidine rings is 1. The second-order valence-electron chi connectivity index (χ2n) is 6.73. The molecule has 6 nitrogen and oxygen atoms in total. The van der Waals surface area contributed by atoms with Crippen molar-refractivity contribution in [3.63, 3.8) is 0 Å². The van der Waals surface area contributed by atoms with Gasteiger partial charge in [-0.15, -0.1) is 0 Å². The van der Waals surface area contributed by atoms with Crippen LogP contribution in [0.25, 0.3) is 0 Å². The summed E-state index contributed by atoms with van der Waals surface area (Å²) in [5, 5.41) is 18.7. The minimum Gasteiger partial charge on any atom is -0.507 e. The van der Waals surface area contributed by atoms with E-state index in [-0.39, 0.29) is 17.2 Å². The Hall–Kier alpha value is -2.08. The van der Waals surface area contributed by atoms with Gasteiger partial charge in [-0.05, 0) is 49.4 Å². The number of aromatic carboxylic acids is 1. The van der Waals surface area contributed by atoms with Crippen molar-refractivity contribution in [1.82, 2.24) is 9.80 Å². The van der Waals surface area contributed by atoms with Gasteiger partial charge in [0, 0.05) is 33.6 Å². The lowest BCUT2D eigenvalue weighted by Crippen LogP contribution is -2.35. The predicted molar refractivity (Wildman–Crippen MR) is 91.0 cm³/mol. The number of aromatic hydroxyl groups is 1. The highest BCUT2D eigenvalue weighted by atomic mass is 16.4. The lowest BCUT2D eigenvalue weighted by molar-refractivity contribution is -0.129. The number of hydrogen-bond acceptors (Lipinski definition) is 4. The topological polar surface area (TPSA) is 81.1 Å². The summed E-state index contributed by atoms with van der Waals surface area (Å²) in [6.45, 7) is 2.56. The molecular formula is C18H26N2O4. The van der Waals surface area contributed by atoms with E-state index in [0.717, 1.165) is 37.9 Å². The molecule has 0 radical (unpaired) electrons. The van der Waals surface area contributed by atoms with Crippen LogP contribution in [0.2, 0.25) is 0 Å². The number of hydrogen-bond donors (Lipinski definition) is 2. The first kappa shape index (κ1) is 18.3. The van der Waals surface area contributed by atoms with Crippen LogP contribution in [0.15, 0.2) is 18.2 Å². The molecule has 0 spiro atoms. The Morgan fingerprint density at radius 1 is 1.33 bits per heavy atom. The molecule has 0 aliphatic carbocycles. The Morgan fingerprint density at radius 3 is 2.75 bits per heavy atom. The third-order valence-corrected chi connectivity index (χ3v) is 4.57. The lowest BCUT2D eigenvalue weighted by atomic mass is 9.93. The first-order valence-electron chi connectivity index (χ1n) is 8.34. The Kier molecular flexibility index (Phi) is 6.20. The SMILES string of the molecule is CN(C)C(=O)CC[C@H]1CCCN(Cc2ccc(O)c(C(=O)O)c2)C1. The molecule has 1 saturated heterocycles. The molecule has 0 bridgehead atoms. The lowest BCUT2D eigenvalue weighted by Gasteiger charge is -2.33. The molecule has 1 aliphatic rings. The Bertz CT molecular complexity index is 601. The van der Waals surface area contributed by atoms with Crippen LogP contribution in [0.5, 0.6) is 5.75 Å². The van der Waals surface area contributed by atoms with E-state index in [4.69, 9.17) is 5.11 Å². The molecule has 0 aromatic heterocycles. The van der Waals surface area contributed by atoms with E-state index < -0.39 is 5.97 Å². The van der Waals surface area contributed by atoms with Crippen molar-refractivity contribution in [3.05, 3.63) is 29.3 Å². The summed E-state index contributed by atoms with van der Waals surface area (Å²) in [6.07, 6.45) is 3.69. The number of carboxylic acid groups (broad SMARTS) is 1. The number of carbonyl (C=O) groups is 2. The average molecular weight is 334 g/mol. The number of carboxylic acids is 1. The van der Waals surface area contributed by atoms with E-state index in [2.05, 4.69) is 4.90 Å². The van der Waals surface area contributed by atoms with Crippen molar-refractivity contribution in [2.24, 2.45) is 5.92 Å². The van der Waals surface area contributed by atoms with Gasteiger partial charge in [-0.2, -0.15) is 0 Å². The second-order valence-corrected chi connectivity index (χ2v) is 6.73. The van der Waals surface area contributed by atoms with Crippen molar-refractivity contribution >= 4 is 11.9 Å². The Morgan fingerprint density at radius 2 is 2.08 bits per heavy atom. The molecule has 0 saturated carbocycles. The third-order valence-electron chi connectivity index (χ3n) is 4.57. The fourth-order valence-electron chi connectivity index (χ4n) is 3.19. The molecule has 1 aliphatic heterocycles. The molecule has 132 valence electrons. The van der Waals surface area contributed by atoms with Crippen molar-refractivity contribution in [1.29, 1.82) is 0 Å². The number of likely N-dealkylation sites (tertiary alicyclic amines) is 1. The Balaban J connectivity index is 1.92.